The molecule has 0 spiro atoms. The summed E-state index contributed by atoms with van der Waals surface area (Å²) in [7, 11) is 3.39. The number of aryl methyl sites for hydroxylation is 1. The summed E-state index contributed by atoms with van der Waals surface area (Å²) in [4.78, 5) is 61.1. The zero-order valence-corrected chi connectivity index (χ0v) is 34.2. The Hall–Kier alpha value is -6.81. The van der Waals surface area contributed by atoms with E-state index >= 15 is 4.39 Å². The fraction of sp³-hybridized carbons (Fsp3) is 0.419. The maximum atomic E-state index is 15.5. The number of likely N-dealkylation sites (N-methyl/N-ethyl adjacent to an activating group) is 1. The zero-order valence-electron chi connectivity index (χ0n) is 34.2. The van der Waals surface area contributed by atoms with Crippen molar-refractivity contribution in [2.45, 2.75) is 75.5 Å². The molecule has 6 aliphatic rings. The number of nitrogens with zero attached hydrogens (tertiary/aromatic N) is 13. The van der Waals surface area contributed by atoms with Gasteiger partial charge in [-0.1, -0.05) is 6.07 Å². The van der Waals surface area contributed by atoms with Gasteiger partial charge in [0.05, 0.1) is 59.0 Å². The van der Waals surface area contributed by atoms with Crippen LogP contribution >= 0.6 is 0 Å². The van der Waals surface area contributed by atoms with Gasteiger partial charge in [-0.3, -0.25) is 14.6 Å². The van der Waals surface area contributed by atoms with Crippen LogP contribution in [0, 0.1) is 35.8 Å². The molecule has 17 nitrogen and oxygen atoms in total. The van der Waals surface area contributed by atoms with Crippen molar-refractivity contribution in [3.8, 4) is 23.1 Å². The molecule has 2 amide bonds. The topological polar surface area (TPSA) is 179 Å². The lowest BCUT2D eigenvalue weighted by atomic mass is 9.77. The molecule has 320 valence electrons. The molecule has 4 saturated heterocycles. The SMILES string of the molecule is COC1CN(C)C(=O)[C@@H]2C[C@@H](CN2c2nc(N3C4C[C@@H]3CN(C3CC(C#N)C3)C4=O)nc3c2cnn3-c2ccc(F)cc2F)Nc2cccc(n2)-c2nccc3nc(C)n(c23)C1.[HH].[HH]. The summed E-state index contributed by atoms with van der Waals surface area (Å²) in [5.41, 5.74) is 3.16. The van der Waals surface area contributed by atoms with Crippen molar-refractivity contribution in [2.24, 2.45) is 5.92 Å². The Kier molecular flexibility index (Phi) is 8.86. The molecule has 1 aliphatic carbocycles. The number of hydrogen-bond acceptors (Lipinski definition) is 13. The zero-order chi connectivity index (χ0) is 42.6. The number of piperazine rings is 1. The maximum Gasteiger partial charge on any atom is 0.245 e. The standard InChI is InChI=1S/C43H42F2N14O3.2H2/c1-22-49-32-9-10-47-37-31-5-4-6-36(51-31)50-25-14-34(41(60)54(2)20-28(62-3)21-55(22)38(32)37)57(18-25)39-29-17-48-59(33-8-7-24(44)13-30(33)45)40(29)53-43(52-39)58-27-15-35(58)42(61)56(19-27)26-11-23(12-26)16-46;;/h4-10,13,17,23,25-28,34-35H,11-12,14-15,18-21H2,1-3H3,(H,50,51);2*1H/t23?,25-,26?,27+,28?,34-,35?;;/m0../s1. The number of nitriles is 1. The predicted octanol–water partition coefficient (Wildman–Crippen LogP) is 4.34. The Morgan fingerprint density at radius 2 is 1.77 bits per heavy atom. The van der Waals surface area contributed by atoms with Crippen LogP contribution in [0.1, 0.15) is 34.4 Å². The van der Waals surface area contributed by atoms with Crippen LogP contribution < -0.4 is 15.1 Å². The number of anilines is 3. The lowest BCUT2D eigenvalue weighted by Gasteiger charge is -2.58. The van der Waals surface area contributed by atoms with E-state index in [1.54, 1.807) is 25.3 Å². The molecule has 5 fully saturated rings. The van der Waals surface area contributed by atoms with Crippen LogP contribution in [-0.4, -0.2) is 131 Å². The number of rotatable bonds is 5. The highest BCUT2D eigenvalue weighted by atomic mass is 19.1. The molecule has 6 aromatic rings. The predicted molar refractivity (Wildman–Crippen MR) is 226 cm³/mol. The number of piperidine rings is 1. The van der Waals surface area contributed by atoms with Crippen molar-refractivity contribution < 1.29 is 26.0 Å². The van der Waals surface area contributed by atoms with Crippen LogP contribution in [0.3, 0.4) is 0 Å². The van der Waals surface area contributed by atoms with Crippen molar-refractivity contribution in [2.75, 3.05) is 48.9 Å². The first-order valence-electron chi connectivity index (χ1n) is 20.9. The lowest BCUT2D eigenvalue weighted by molar-refractivity contribution is -0.146. The minimum Gasteiger partial charge on any atom is -0.378 e. The number of carbonyl (C=O) groups excluding carboxylic acids is 2. The third kappa shape index (κ3) is 6.02. The number of benzene rings is 1. The molecular weight excluding hydrogens is 799 g/mol. The molecule has 5 atom stereocenters. The fourth-order valence-corrected chi connectivity index (χ4v) is 10.0. The number of aromatic nitrogens is 8. The van der Waals surface area contributed by atoms with Crippen LogP contribution in [0.25, 0.3) is 39.1 Å². The number of carbonyl (C=O) groups is 2. The van der Waals surface area contributed by atoms with Gasteiger partial charge >= 0.3 is 0 Å². The Balaban J connectivity index is 0.00000259. The first-order chi connectivity index (χ1) is 30.1. The van der Waals surface area contributed by atoms with E-state index < -0.39 is 29.8 Å². The quantitative estimate of drug-likeness (QED) is 0.259. The van der Waals surface area contributed by atoms with Gasteiger partial charge in [-0.15, -0.1) is 0 Å². The average Bonchev–Trinajstić information content (AvgIpc) is 3.94. The summed E-state index contributed by atoms with van der Waals surface area (Å²) in [6.07, 6.45) is 5.15. The van der Waals surface area contributed by atoms with Gasteiger partial charge in [-0.25, -0.2) is 23.4 Å². The molecular formula is C43H46F2N14O3. The van der Waals surface area contributed by atoms with E-state index in [1.165, 1.54) is 16.9 Å². The number of nitrogens with one attached hydrogen (secondary N) is 1. The van der Waals surface area contributed by atoms with Crippen molar-refractivity contribution in [1.82, 2.24) is 49.1 Å². The molecule has 19 heteroatoms. The molecule has 12 rings (SSSR count). The third-order valence-electron chi connectivity index (χ3n) is 13.3. The van der Waals surface area contributed by atoms with Crippen LogP contribution in [-0.2, 0) is 20.9 Å². The van der Waals surface area contributed by atoms with Crippen molar-refractivity contribution in [3.05, 3.63) is 72.3 Å². The largest absolute Gasteiger partial charge is 0.378 e. The Morgan fingerprint density at radius 3 is 2.56 bits per heavy atom. The van der Waals surface area contributed by atoms with Crippen molar-refractivity contribution in [3.63, 3.8) is 0 Å². The number of pyridine rings is 2. The van der Waals surface area contributed by atoms with Crippen molar-refractivity contribution in [1.29, 1.82) is 5.26 Å². The average molecular weight is 845 g/mol. The molecule has 62 heavy (non-hydrogen) atoms. The van der Waals surface area contributed by atoms with E-state index in [1.807, 2.05) is 45.9 Å². The Morgan fingerprint density at radius 1 is 0.919 bits per heavy atom. The lowest BCUT2D eigenvalue weighted by Crippen LogP contribution is -2.74. The highest BCUT2D eigenvalue weighted by molar-refractivity contribution is 5.95. The van der Waals surface area contributed by atoms with E-state index in [0.717, 1.165) is 29.0 Å². The minimum atomic E-state index is -0.834. The number of fused-ring (bicyclic) bond motifs is 8. The van der Waals surface area contributed by atoms with Crippen LogP contribution in [0.4, 0.5) is 26.4 Å². The second-order valence-corrected chi connectivity index (χ2v) is 17.0. The normalized spacial score (nSPS) is 25.9. The van der Waals surface area contributed by atoms with Gasteiger partial charge in [0.25, 0.3) is 0 Å². The van der Waals surface area contributed by atoms with Gasteiger partial charge < -0.3 is 34.2 Å². The molecule has 5 aromatic heterocycles. The Labute approximate surface area is 356 Å². The smallest absolute Gasteiger partial charge is 0.245 e. The molecule has 5 aliphatic heterocycles. The molecule has 1 aromatic carbocycles. The highest BCUT2D eigenvalue weighted by Gasteiger charge is 2.55. The summed E-state index contributed by atoms with van der Waals surface area (Å²) in [5.74, 6) is 0.170. The van der Waals surface area contributed by atoms with E-state index in [-0.39, 0.29) is 62.5 Å². The van der Waals surface area contributed by atoms with E-state index in [9.17, 15) is 19.2 Å². The summed E-state index contributed by atoms with van der Waals surface area (Å²) < 4.78 is 39.1. The molecule has 2 unspecified atom stereocenters. The van der Waals surface area contributed by atoms with Gasteiger partial charge in [-0.2, -0.15) is 20.3 Å². The molecule has 10 heterocycles. The van der Waals surface area contributed by atoms with Gasteiger partial charge in [0, 0.05) is 61.0 Å². The second kappa shape index (κ2) is 14.4. The third-order valence-corrected chi connectivity index (χ3v) is 13.3. The fourth-order valence-electron chi connectivity index (χ4n) is 10.0. The number of ether oxygens (including phenoxy) is 1. The monoisotopic (exact) mass is 844 g/mol. The first kappa shape index (κ1) is 38.1. The van der Waals surface area contributed by atoms with Crippen molar-refractivity contribution >= 4 is 51.5 Å². The van der Waals surface area contributed by atoms with E-state index in [0.29, 0.717) is 73.7 Å². The second-order valence-electron chi connectivity index (χ2n) is 17.0. The van der Waals surface area contributed by atoms with E-state index in [4.69, 9.17) is 29.7 Å². The number of methoxy groups -OCH3 is 1. The van der Waals surface area contributed by atoms with Gasteiger partial charge in [-0.05, 0) is 62.9 Å². The first-order valence-corrected chi connectivity index (χ1v) is 20.9. The van der Waals surface area contributed by atoms with Gasteiger partial charge in [0.15, 0.2) is 11.5 Å². The molecule has 0 radical (unpaired) electrons. The number of amides is 2. The summed E-state index contributed by atoms with van der Waals surface area (Å²) >= 11 is 0. The highest BCUT2D eigenvalue weighted by Crippen LogP contribution is 2.43. The summed E-state index contributed by atoms with van der Waals surface area (Å²) in [6.45, 7) is 3.36. The van der Waals surface area contributed by atoms with Crippen LogP contribution in [0.15, 0.2) is 54.9 Å². The van der Waals surface area contributed by atoms with Crippen LogP contribution in [0.2, 0.25) is 0 Å². The molecule has 6 bridgehead atoms. The number of imidazole rings is 1. The molecule has 1 N–H and O–H groups in total. The van der Waals surface area contributed by atoms with Gasteiger partial charge in [0.2, 0.25) is 17.8 Å². The maximum absolute atomic E-state index is 15.5. The minimum absolute atomic E-state index is 0. The Bertz CT molecular complexity index is 2870. The number of hydrogen-bond donors (Lipinski definition) is 1. The summed E-state index contributed by atoms with van der Waals surface area (Å²) in [5, 5.41) is 18.0. The van der Waals surface area contributed by atoms with Gasteiger partial charge in [0.1, 0.15) is 46.7 Å². The van der Waals surface area contributed by atoms with E-state index in [2.05, 4.69) is 21.1 Å². The molecule has 1 saturated carbocycles. The number of halogens is 2. The van der Waals surface area contributed by atoms with Crippen LogP contribution in [0.5, 0.6) is 0 Å². The summed E-state index contributed by atoms with van der Waals surface area (Å²) in [6, 6.07) is 11.5.